The van der Waals surface area contributed by atoms with Crippen LogP contribution < -0.4 is 14.4 Å². The van der Waals surface area contributed by atoms with Gasteiger partial charge in [0.2, 0.25) is 0 Å². The number of benzene rings is 7. The second-order valence-corrected chi connectivity index (χ2v) is 12.6. The summed E-state index contributed by atoms with van der Waals surface area (Å²) in [6, 6.07) is 60.2. The second kappa shape index (κ2) is 11.9. The van der Waals surface area contributed by atoms with Crippen LogP contribution in [-0.2, 0) is 0 Å². The molecule has 2 aliphatic heterocycles. The molecule has 3 heterocycles. The first-order valence-corrected chi connectivity index (χ1v) is 17.0. The number of fused-ring (bicyclic) bond motifs is 4. The minimum Gasteiger partial charge on any atom is -0.453 e. The van der Waals surface area contributed by atoms with Crippen LogP contribution in [0.3, 0.4) is 0 Å². The lowest BCUT2D eigenvalue weighted by Gasteiger charge is -2.38. The minimum atomic E-state index is 0.583. The highest BCUT2D eigenvalue weighted by Gasteiger charge is 2.35. The van der Waals surface area contributed by atoms with Crippen molar-refractivity contribution in [2.75, 3.05) is 4.90 Å². The first-order chi connectivity index (χ1) is 25.3. The van der Waals surface area contributed by atoms with Crippen molar-refractivity contribution in [3.05, 3.63) is 176 Å². The van der Waals surface area contributed by atoms with Crippen molar-refractivity contribution in [3.8, 4) is 79.2 Å². The molecule has 0 N–H and O–H groups in total. The molecule has 0 saturated carbocycles. The summed E-state index contributed by atoms with van der Waals surface area (Å²) in [5.41, 5.74) is 11.9. The fourth-order valence-electron chi connectivity index (χ4n) is 6.99. The molecule has 0 unspecified atom stereocenters. The van der Waals surface area contributed by atoms with Gasteiger partial charge in [-0.05, 0) is 64.7 Å². The number of anilines is 3. The van der Waals surface area contributed by atoms with Crippen LogP contribution in [0.2, 0.25) is 0 Å². The first-order valence-electron chi connectivity index (χ1n) is 17.0. The lowest BCUT2D eigenvalue weighted by Crippen LogP contribution is -2.20. The molecule has 0 bridgehead atoms. The Balaban J connectivity index is 1.13. The third-order valence-electron chi connectivity index (χ3n) is 9.50. The summed E-state index contributed by atoms with van der Waals surface area (Å²) in [6.07, 6.45) is 0. The van der Waals surface area contributed by atoms with Crippen LogP contribution in [0, 0.1) is 0 Å². The van der Waals surface area contributed by atoms with Gasteiger partial charge in [-0.1, -0.05) is 133 Å². The fraction of sp³-hybridized carbons (Fsp3) is 0. The van der Waals surface area contributed by atoms with E-state index >= 15 is 0 Å². The molecule has 8 aromatic rings. The molecule has 0 spiro atoms. The molecule has 10 rings (SSSR count). The van der Waals surface area contributed by atoms with Crippen LogP contribution in [-0.4, -0.2) is 9.97 Å². The van der Waals surface area contributed by atoms with Crippen molar-refractivity contribution in [2.24, 2.45) is 0 Å². The molecular weight excluding hydrogens is 627 g/mol. The summed E-state index contributed by atoms with van der Waals surface area (Å²) in [7, 11) is 0. The third kappa shape index (κ3) is 5.03. The van der Waals surface area contributed by atoms with E-state index in [1.54, 1.807) is 0 Å². The normalized spacial score (nSPS) is 12.2. The highest BCUT2D eigenvalue weighted by Crippen LogP contribution is 2.60. The van der Waals surface area contributed by atoms with Crippen molar-refractivity contribution in [1.82, 2.24) is 9.97 Å². The smallest absolute Gasteiger partial charge is 0.164 e. The Bertz CT molecular complexity index is 2470. The van der Waals surface area contributed by atoms with E-state index in [0.29, 0.717) is 17.3 Å². The van der Waals surface area contributed by atoms with Gasteiger partial charge in [-0.2, -0.15) is 0 Å². The Morgan fingerprint density at radius 1 is 0.373 bits per heavy atom. The van der Waals surface area contributed by atoms with Crippen molar-refractivity contribution in [2.45, 2.75) is 0 Å². The minimum absolute atomic E-state index is 0.583. The lowest BCUT2D eigenvalue weighted by molar-refractivity contribution is 0.446. The van der Waals surface area contributed by atoms with Gasteiger partial charge in [0, 0.05) is 11.1 Å². The molecule has 0 fully saturated rings. The predicted octanol–water partition coefficient (Wildman–Crippen LogP) is 12.5. The Hall–Kier alpha value is -6.98. The van der Waals surface area contributed by atoms with Gasteiger partial charge in [0.1, 0.15) is 5.69 Å². The van der Waals surface area contributed by atoms with Gasteiger partial charge < -0.3 is 9.47 Å². The Morgan fingerprint density at radius 2 is 0.843 bits per heavy atom. The average Bonchev–Trinajstić information content (AvgIpc) is 3.21. The highest BCUT2D eigenvalue weighted by molar-refractivity contribution is 5.96. The standard InChI is InChI=1S/C46H29N3O2/c1-3-11-30(12-4-1)32-21-25-34(26-22-32)37-29-38(35-27-23-33(24-28-35)31-13-5-2-6-14-31)48-46(47-37)36-15-9-17-40-45(36)51-43-20-10-19-42-44(43)49(40)39-16-7-8-18-41(39)50-42/h1-29H. The lowest BCUT2D eigenvalue weighted by atomic mass is 10.00. The number of para-hydroxylation sites is 4. The van der Waals surface area contributed by atoms with E-state index in [2.05, 4.69) is 120 Å². The monoisotopic (exact) mass is 655 g/mol. The van der Waals surface area contributed by atoms with E-state index in [1.165, 1.54) is 11.1 Å². The molecule has 51 heavy (non-hydrogen) atoms. The van der Waals surface area contributed by atoms with E-state index in [9.17, 15) is 0 Å². The summed E-state index contributed by atoms with van der Waals surface area (Å²) in [5.74, 6) is 3.53. The first kappa shape index (κ1) is 29.0. The van der Waals surface area contributed by atoms with Crippen LogP contribution in [0.4, 0.5) is 17.1 Å². The maximum absolute atomic E-state index is 6.74. The van der Waals surface area contributed by atoms with E-state index in [1.807, 2.05) is 60.7 Å². The quantitative estimate of drug-likeness (QED) is 0.185. The molecule has 2 aliphatic rings. The molecule has 0 radical (unpaired) electrons. The summed E-state index contributed by atoms with van der Waals surface area (Å²) in [5, 5.41) is 0. The average molecular weight is 656 g/mol. The van der Waals surface area contributed by atoms with E-state index in [0.717, 1.165) is 67.8 Å². The number of hydrogen-bond donors (Lipinski definition) is 0. The Labute approximate surface area is 295 Å². The second-order valence-electron chi connectivity index (χ2n) is 12.6. The number of rotatable bonds is 5. The van der Waals surface area contributed by atoms with Crippen molar-refractivity contribution in [3.63, 3.8) is 0 Å². The van der Waals surface area contributed by atoms with Gasteiger partial charge >= 0.3 is 0 Å². The van der Waals surface area contributed by atoms with E-state index in [-0.39, 0.29) is 0 Å². The fourth-order valence-corrected chi connectivity index (χ4v) is 6.99. The predicted molar refractivity (Wildman–Crippen MR) is 204 cm³/mol. The molecule has 5 heteroatoms. The summed E-state index contributed by atoms with van der Waals surface area (Å²) in [4.78, 5) is 12.7. The maximum atomic E-state index is 6.74. The Morgan fingerprint density at radius 3 is 1.47 bits per heavy atom. The van der Waals surface area contributed by atoms with E-state index < -0.39 is 0 Å². The van der Waals surface area contributed by atoms with Gasteiger partial charge in [-0.15, -0.1) is 0 Å². The largest absolute Gasteiger partial charge is 0.453 e. The molecule has 0 aliphatic carbocycles. The van der Waals surface area contributed by atoms with Crippen LogP contribution in [0.25, 0.3) is 56.2 Å². The zero-order valence-electron chi connectivity index (χ0n) is 27.4. The van der Waals surface area contributed by atoms with Gasteiger partial charge in [0.25, 0.3) is 0 Å². The summed E-state index contributed by atoms with van der Waals surface area (Å²) < 4.78 is 13.1. The van der Waals surface area contributed by atoms with Gasteiger partial charge in [0.15, 0.2) is 28.8 Å². The maximum Gasteiger partial charge on any atom is 0.164 e. The van der Waals surface area contributed by atoms with E-state index in [4.69, 9.17) is 19.4 Å². The van der Waals surface area contributed by atoms with Crippen LogP contribution in [0.1, 0.15) is 0 Å². The molecule has 0 amide bonds. The molecule has 0 atom stereocenters. The van der Waals surface area contributed by atoms with Gasteiger partial charge in [-0.3, -0.25) is 4.90 Å². The zero-order chi connectivity index (χ0) is 33.7. The van der Waals surface area contributed by atoms with Crippen molar-refractivity contribution < 1.29 is 9.47 Å². The number of ether oxygens (including phenoxy) is 2. The number of aromatic nitrogens is 2. The van der Waals surface area contributed by atoms with Crippen LogP contribution in [0.5, 0.6) is 23.0 Å². The van der Waals surface area contributed by atoms with Crippen LogP contribution in [0.15, 0.2) is 176 Å². The SMILES string of the molecule is c1ccc(-c2ccc(-c3cc(-c4ccc(-c5ccccc5)cc4)nc(-c4cccc5c4Oc4cccc6c4N5c4ccccc4O6)n3)cc2)cc1. The van der Waals surface area contributed by atoms with Gasteiger partial charge in [-0.25, -0.2) is 9.97 Å². The topological polar surface area (TPSA) is 47.5 Å². The van der Waals surface area contributed by atoms with Gasteiger partial charge in [0.05, 0.1) is 28.3 Å². The zero-order valence-corrected chi connectivity index (χ0v) is 27.4. The van der Waals surface area contributed by atoms with Crippen LogP contribution >= 0.6 is 0 Å². The van der Waals surface area contributed by atoms with Crippen molar-refractivity contribution >= 4 is 17.1 Å². The Kier molecular flexibility index (Phi) is 6.74. The molecule has 5 nitrogen and oxygen atoms in total. The molecular formula is C46H29N3O2. The molecule has 240 valence electrons. The summed E-state index contributed by atoms with van der Waals surface area (Å²) >= 11 is 0. The third-order valence-corrected chi connectivity index (χ3v) is 9.50. The molecule has 7 aromatic carbocycles. The number of nitrogens with zero attached hydrogens (tertiary/aromatic N) is 3. The molecule has 0 saturated heterocycles. The summed E-state index contributed by atoms with van der Waals surface area (Å²) in [6.45, 7) is 0. The van der Waals surface area contributed by atoms with Crippen molar-refractivity contribution in [1.29, 1.82) is 0 Å². The molecule has 1 aromatic heterocycles. The highest BCUT2D eigenvalue weighted by atomic mass is 16.5. The number of hydrogen-bond acceptors (Lipinski definition) is 5.